The summed E-state index contributed by atoms with van der Waals surface area (Å²) in [5.41, 5.74) is 4.56. The van der Waals surface area contributed by atoms with E-state index < -0.39 is 0 Å². The lowest BCUT2D eigenvalue weighted by Crippen LogP contribution is -2.28. The predicted molar refractivity (Wildman–Crippen MR) is 123 cm³/mol. The second-order valence-electron chi connectivity index (χ2n) is 7.00. The fraction of sp³-hybridized carbons (Fsp3) is 0.136. The van der Waals surface area contributed by atoms with Gasteiger partial charge in [0.1, 0.15) is 5.69 Å². The van der Waals surface area contributed by atoms with Gasteiger partial charge in [-0.2, -0.15) is 0 Å². The molecule has 3 amide bonds. The van der Waals surface area contributed by atoms with Crippen LogP contribution < -0.4 is 20.7 Å². The Morgan fingerprint density at radius 2 is 2.12 bits per heavy atom. The molecule has 0 saturated heterocycles. The van der Waals surface area contributed by atoms with Crippen molar-refractivity contribution in [3.8, 4) is 28.3 Å². The van der Waals surface area contributed by atoms with E-state index in [0.717, 1.165) is 32.6 Å². The van der Waals surface area contributed by atoms with Crippen LogP contribution >= 0.6 is 11.3 Å². The van der Waals surface area contributed by atoms with Crippen molar-refractivity contribution in [2.45, 2.75) is 6.92 Å². The molecule has 0 unspecified atom stereocenters. The predicted octanol–water partition coefficient (Wildman–Crippen LogP) is 3.89. The molecule has 9 nitrogen and oxygen atoms in total. The number of ether oxygens (including phenoxy) is 1. The molecule has 1 aliphatic heterocycles. The van der Waals surface area contributed by atoms with E-state index in [4.69, 9.17) is 4.74 Å². The highest BCUT2D eigenvalue weighted by Gasteiger charge is 2.19. The molecule has 160 valence electrons. The molecule has 4 aromatic rings. The maximum absolute atomic E-state index is 12.0. The van der Waals surface area contributed by atoms with Gasteiger partial charge in [0.2, 0.25) is 5.88 Å². The quantitative estimate of drug-likeness (QED) is 0.438. The summed E-state index contributed by atoms with van der Waals surface area (Å²) in [6.07, 6.45) is 3.43. The van der Waals surface area contributed by atoms with Crippen LogP contribution in [0.1, 0.15) is 6.92 Å². The van der Waals surface area contributed by atoms with E-state index in [0.29, 0.717) is 23.2 Å². The number of pyridine rings is 2. The zero-order valence-electron chi connectivity index (χ0n) is 17.0. The SMILES string of the molecule is CCNC(=O)Nc1nc2cc(-c3cnc4c(c3)NC(=O)CO4)cc(-c3ccccn3)c2s1. The Morgan fingerprint density at radius 3 is 2.94 bits per heavy atom. The zero-order chi connectivity index (χ0) is 22.1. The number of aromatic nitrogens is 3. The average Bonchev–Trinajstić information content (AvgIpc) is 3.20. The third kappa shape index (κ3) is 3.83. The van der Waals surface area contributed by atoms with Crippen LogP contribution in [0.5, 0.6) is 5.88 Å². The Kier molecular flexibility index (Phi) is 5.12. The molecule has 1 aromatic carbocycles. The zero-order valence-corrected chi connectivity index (χ0v) is 17.8. The summed E-state index contributed by atoms with van der Waals surface area (Å²) in [4.78, 5) is 37.1. The van der Waals surface area contributed by atoms with Gasteiger partial charge in [0.15, 0.2) is 11.7 Å². The molecule has 32 heavy (non-hydrogen) atoms. The second-order valence-corrected chi connectivity index (χ2v) is 8.00. The molecule has 1 aliphatic rings. The van der Waals surface area contributed by atoms with Gasteiger partial charge in [-0.15, -0.1) is 0 Å². The molecule has 0 aliphatic carbocycles. The summed E-state index contributed by atoms with van der Waals surface area (Å²) in [6.45, 7) is 2.32. The number of fused-ring (bicyclic) bond motifs is 2. The van der Waals surface area contributed by atoms with Crippen LogP contribution in [0.3, 0.4) is 0 Å². The number of nitrogens with one attached hydrogen (secondary N) is 3. The first-order valence-corrected chi connectivity index (χ1v) is 10.8. The standard InChI is InChI=1S/C22H18N6O3S/c1-2-23-21(30)28-22-27-16-8-12(7-14(19(16)32-22)15-5-3-4-6-24-15)13-9-17-20(25-10-13)31-11-18(29)26-17/h3-10H,2,11H2,1H3,(H,26,29)(H2,23,27,28,30). The van der Waals surface area contributed by atoms with Crippen LogP contribution in [0.15, 0.2) is 48.8 Å². The van der Waals surface area contributed by atoms with Gasteiger partial charge in [0.05, 0.1) is 15.9 Å². The van der Waals surface area contributed by atoms with Gasteiger partial charge in [0, 0.05) is 30.1 Å². The lowest BCUT2D eigenvalue weighted by molar-refractivity contribution is -0.118. The minimum Gasteiger partial charge on any atom is -0.466 e. The number of thiazole rings is 1. The third-order valence-corrected chi connectivity index (χ3v) is 5.81. The highest BCUT2D eigenvalue weighted by molar-refractivity contribution is 7.22. The van der Waals surface area contributed by atoms with Crippen molar-refractivity contribution >= 4 is 44.3 Å². The van der Waals surface area contributed by atoms with Gasteiger partial charge >= 0.3 is 6.03 Å². The van der Waals surface area contributed by atoms with Crippen molar-refractivity contribution in [3.05, 3.63) is 48.8 Å². The van der Waals surface area contributed by atoms with Gasteiger partial charge < -0.3 is 15.4 Å². The van der Waals surface area contributed by atoms with Crippen LogP contribution in [0.4, 0.5) is 15.6 Å². The summed E-state index contributed by atoms with van der Waals surface area (Å²) in [5.74, 6) is 0.170. The molecule has 0 radical (unpaired) electrons. The molecule has 0 saturated carbocycles. The average molecular weight is 446 g/mol. The van der Waals surface area contributed by atoms with E-state index in [1.165, 1.54) is 11.3 Å². The monoisotopic (exact) mass is 446 g/mol. The van der Waals surface area contributed by atoms with Crippen molar-refractivity contribution in [1.29, 1.82) is 0 Å². The lowest BCUT2D eigenvalue weighted by atomic mass is 10.0. The third-order valence-electron chi connectivity index (χ3n) is 4.79. The molecule has 3 aromatic heterocycles. The molecular formula is C22H18N6O3S. The number of benzene rings is 1. The minimum absolute atomic E-state index is 0.0463. The summed E-state index contributed by atoms with van der Waals surface area (Å²) in [7, 11) is 0. The highest BCUT2D eigenvalue weighted by Crippen LogP contribution is 2.39. The van der Waals surface area contributed by atoms with Crippen LogP contribution in [-0.2, 0) is 4.79 Å². The highest BCUT2D eigenvalue weighted by atomic mass is 32.1. The van der Waals surface area contributed by atoms with Crippen molar-refractivity contribution in [2.75, 3.05) is 23.8 Å². The summed E-state index contributed by atoms with van der Waals surface area (Å²) < 4.78 is 6.26. The maximum atomic E-state index is 12.0. The van der Waals surface area contributed by atoms with E-state index in [9.17, 15) is 9.59 Å². The molecule has 3 N–H and O–H groups in total. The van der Waals surface area contributed by atoms with E-state index in [-0.39, 0.29) is 18.5 Å². The number of carbonyl (C=O) groups excluding carboxylic acids is 2. The van der Waals surface area contributed by atoms with Crippen molar-refractivity contribution in [3.63, 3.8) is 0 Å². The van der Waals surface area contributed by atoms with Crippen molar-refractivity contribution in [2.24, 2.45) is 0 Å². The molecular weight excluding hydrogens is 428 g/mol. The first kappa shape index (κ1) is 19.9. The molecule has 0 spiro atoms. The van der Waals surface area contributed by atoms with Gasteiger partial charge in [-0.25, -0.2) is 14.8 Å². The summed E-state index contributed by atoms with van der Waals surface area (Å²) in [5, 5.41) is 8.76. The van der Waals surface area contributed by atoms with Crippen molar-refractivity contribution < 1.29 is 14.3 Å². The molecule has 5 rings (SSSR count). The summed E-state index contributed by atoms with van der Waals surface area (Å²) >= 11 is 1.38. The van der Waals surface area contributed by atoms with Crippen LogP contribution in [0.25, 0.3) is 32.6 Å². The Labute approximate surface area is 186 Å². The number of anilines is 2. The number of nitrogens with zero attached hydrogens (tertiary/aromatic N) is 3. The normalized spacial score (nSPS) is 12.6. The Hall–Kier alpha value is -4.05. The second kappa shape index (κ2) is 8.23. The van der Waals surface area contributed by atoms with Gasteiger partial charge in [-0.05, 0) is 42.8 Å². The van der Waals surface area contributed by atoms with Crippen LogP contribution in [0, 0.1) is 0 Å². The van der Waals surface area contributed by atoms with Crippen LogP contribution in [0.2, 0.25) is 0 Å². The first-order chi connectivity index (χ1) is 15.6. The molecule has 0 fully saturated rings. The fourth-order valence-electron chi connectivity index (χ4n) is 3.40. The largest absolute Gasteiger partial charge is 0.466 e. The number of carbonyl (C=O) groups is 2. The minimum atomic E-state index is -0.305. The van der Waals surface area contributed by atoms with E-state index in [1.54, 1.807) is 12.4 Å². The number of amides is 3. The molecule has 10 heteroatoms. The Bertz CT molecular complexity index is 1340. The van der Waals surface area contributed by atoms with Gasteiger partial charge in [-0.3, -0.25) is 15.1 Å². The first-order valence-electron chi connectivity index (χ1n) is 9.94. The van der Waals surface area contributed by atoms with E-state index in [1.807, 2.05) is 43.3 Å². The topological polar surface area (TPSA) is 118 Å². The smallest absolute Gasteiger partial charge is 0.321 e. The molecule has 0 atom stereocenters. The Morgan fingerprint density at radius 1 is 1.22 bits per heavy atom. The lowest BCUT2D eigenvalue weighted by Gasteiger charge is -2.17. The van der Waals surface area contributed by atoms with Gasteiger partial charge in [-0.1, -0.05) is 17.4 Å². The fourth-order valence-corrected chi connectivity index (χ4v) is 4.37. The van der Waals surface area contributed by atoms with Crippen molar-refractivity contribution in [1.82, 2.24) is 20.3 Å². The van der Waals surface area contributed by atoms with Crippen LogP contribution in [-0.4, -0.2) is 40.0 Å². The maximum Gasteiger partial charge on any atom is 0.321 e. The number of rotatable bonds is 4. The van der Waals surface area contributed by atoms with E-state index in [2.05, 4.69) is 30.9 Å². The summed E-state index contributed by atoms with van der Waals surface area (Å²) in [6, 6.07) is 11.2. The molecule has 4 heterocycles. The Balaban J connectivity index is 1.63. The number of urea groups is 1. The number of hydrogen-bond acceptors (Lipinski definition) is 7. The van der Waals surface area contributed by atoms with E-state index >= 15 is 0 Å². The molecule has 0 bridgehead atoms. The number of hydrogen-bond donors (Lipinski definition) is 3. The van der Waals surface area contributed by atoms with Gasteiger partial charge in [0.25, 0.3) is 5.91 Å².